The first-order valence-corrected chi connectivity index (χ1v) is 26.9. The Morgan fingerprint density at radius 1 is 0.478 bits per heavy atom. The zero-order valence-electron chi connectivity index (χ0n) is 41.9. The molecular formula is C53H98O14. The Kier molecular flexibility index (Phi) is 37.8. The van der Waals surface area contributed by atoms with Gasteiger partial charge >= 0.3 is 5.97 Å². The molecule has 14 heteroatoms. The Morgan fingerprint density at radius 2 is 0.896 bits per heavy atom. The summed E-state index contributed by atoms with van der Waals surface area (Å²) in [5, 5.41) is 72.1. The van der Waals surface area contributed by atoms with Gasteiger partial charge in [0.05, 0.1) is 26.4 Å². The molecule has 0 bridgehead atoms. The molecule has 0 saturated carbocycles. The van der Waals surface area contributed by atoms with Crippen molar-refractivity contribution in [1.82, 2.24) is 0 Å². The molecule has 0 amide bonds. The van der Waals surface area contributed by atoms with Crippen molar-refractivity contribution >= 4 is 5.97 Å². The Bertz CT molecular complexity index is 1200. The van der Waals surface area contributed by atoms with Crippen LogP contribution in [0.3, 0.4) is 0 Å². The largest absolute Gasteiger partial charge is 0.457 e. The molecule has 11 atom stereocenters. The number of carbonyl (C=O) groups excluding carboxylic acids is 1. The number of ether oxygens (including phenoxy) is 6. The fourth-order valence-corrected chi connectivity index (χ4v) is 8.50. The van der Waals surface area contributed by atoms with Gasteiger partial charge in [-0.15, -0.1) is 0 Å². The van der Waals surface area contributed by atoms with Crippen LogP contribution in [-0.2, 0) is 33.2 Å². The predicted octanol–water partition coefficient (Wildman–Crippen LogP) is 8.41. The fraction of sp³-hybridized carbons (Fsp3) is 0.906. The summed E-state index contributed by atoms with van der Waals surface area (Å²) in [6.07, 6.45) is 28.1. The Labute approximate surface area is 405 Å². The van der Waals surface area contributed by atoms with Crippen molar-refractivity contribution in [2.24, 2.45) is 0 Å². The highest BCUT2D eigenvalue weighted by Crippen LogP contribution is 2.26. The standard InChI is InChI=1S/C53H98O14/c1-3-5-7-9-11-13-15-17-18-19-20-21-22-23-24-25-26-28-30-32-34-36-45(55)65-42(39-62-37-35-33-31-29-27-16-14-12-10-8-6-4-2)40-63-52-51(61)49(59)47(57)44(67-52)41-64-53-50(60)48(58)46(56)43(38-54)66-53/h10,12,19-20,42-44,46-54,56-61H,3-9,11,13-18,21-41H2,1-2H3/b12-10-,20-19-. The number of aliphatic hydroxyl groups excluding tert-OH is 7. The second kappa shape index (κ2) is 41.1. The number of hydrogen-bond donors (Lipinski definition) is 7. The molecule has 2 heterocycles. The smallest absolute Gasteiger partial charge is 0.306 e. The van der Waals surface area contributed by atoms with Gasteiger partial charge in [-0.3, -0.25) is 4.79 Å². The van der Waals surface area contributed by atoms with Crippen molar-refractivity contribution in [2.75, 3.05) is 33.0 Å². The van der Waals surface area contributed by atoms with E-state index in [1.54, 1.807) is 0 Å². The van der Waals surface area contributed by atoms with Crippen molar-refractivity contribution in [3.05, 3.63) is 24.3 Å². The monoisotopic (exact) mass is 959 g/mol. The van der Waals surface area contributed by atoms with Crippen LogP contribution >= 0.6 is 0 Å². The second-order valence-electron chi connectivity index (χ2n) is 19.0. The number of carbonyl (C=O) groups is 1. The van der Waals surface area contributed by atoms with Crippen LogP contribution in [0.4, 0.5) is 0 Å². The zero-order chi connectivity index (χ0) is 48.7. The molecule has 7 N–H and O–H groups in total. The molecule has 0 aliphatic carbocycles. The predicted molar refractivity (Wildman–Crippen MR) is 261 cm³/mol. The van der Waals surface area contributed by atoms with Gasteiger partial charge < -0.3 is 64.2 Å². The maximum Gasteiger partial charge on any atom is 0.306 e. The molecule has 67 heavy (non-hydrogen) atoms. The average molecular weight is 959 g/mol. The van der Waals surface area contributed by atoms with E-state index in [4.69, 9.17) is 28.4 Å². The van der Waals surface area contributed by atoms with E-state index in [1.807, 2.05) is 0 Å². The van der Waals surface area contributed by atoms with Crippen molar-refractivity contribution in [1.29, 1.82) is 0 Å². The lowest BCUT2D eigenvalue weighted by Crippen LogP contribution is -2.61. The molecule has 0 radical (unpaired) electrons. The summed E-state index contributed by atoms with van der Waals surface area (Å²) in [5.41, 5.74) is 0. The van der Waals surface area contributed by atoms with Gasteiger partial charge in [0.25, 0.3) is 0 Å². The number of hydrogen-bond acceptors (Lipinski definition) is 14. The summed E-state index contributed by atoms with van der Waals surface area (Å²) >= 11 is 0. The molecule has 14 nitrogen and oxygen atoms in total. The molecule has 0 aromatic heterocycles. The van der Waals surface area contributed by atoms with Gasteiger partial charge in [-0.25, -0.2) is 0 Å². The highest BCUT2D eigenvalue weighted by atomic mass is 16.7. The van der Waals surface area contributed by atoms with Gasteiger partial charge in [-0.1, -0.05) is 167 Å². The van der Waals surface area contributed by atoms with Gasteiger partial charge in [-0.05, 0) is 57.8 Å². The van der Waals surface area contributed by atoms with Crippen LogP contribution in [0.5, 0.6) is 0 Å². The molecular weight excluding hydrogens is 861 g/mol. The van der Waals surface area contributed by atoms with E-state index in [0.717, 1.165) is 51.4 Å². The maximum absolute atomic E-state index is 13.0. The molecule has 2 saturated heterocycles. The quantitative estimate of drug-likeness (QED) is 0.0174. The summed E-state index contributed by atoms with van der Waals surface area (Å²) in [4.78, 5) is 13.0. The van der Waals surface area contributed by atoms with E-state index >= 15 is 0 Å². The van der Waals surface area contributed by atoms with Gasteiger partial charge in [-0.2, -0.15) is 0 Å². The lowest BCUT2D eigenvalue weighted by molar-refractivity contribution is -0.332. The van der Waals surface area contributed by atoms with E-state index in [1.165, 1.54) is 128 Å². The number of allylic oxidation sites excluding steroid dienone is 4. The maximum atomic E-state index is 13.0. The second-order valence-corrected chi connectivity index (χ2v) is 19.0. The third kappa shape index (κ3) is 28.8. The van der Waals surface area contributed by atoms with Crippen LogP contribution in [-0.4, -0.2) is 142 Å². The average Bonchev–Trinajstić information content (AvgIpc) is 3.32. The number of rotatable bonds is 43. The van der Waals surface area contributed by atoms with E-state index in [9.17, 15) is 40.5 Å². The van der Waals surface area contributed by atoms with Crippen LogP contribution in [0, 0.1) is 0 Å². The topological polar surface area (TPSA) is 214 Å². The van der Waals surface area contributed by atoms with Crippen molar-refractivity contribution in [3.8, 4) is 0 Å². The lowest BCUT2D eigenvalue weighted by Gasteiger charge is -2.42. The first-order chi connectivity index (χ1) is 32.6. The fourth-order valence-electron chi connectivity index (χ4n) is 8.50. The van der Waals surface area contributed by atoms with Crippen LogP contribution in [0.1, 0.15) is 206 Å². The molecule has 2 fully saturated rings. The van der Waals surface area contributed by atoms with E-state index in [0.29, 0.717) is 13.0 Å². The summed E-state index contributed by atoms with van der Waals surface area (Å²) < 4.78 is 34.3. The highest BCUT2D eigenvalue weighted by molar-refractivity contribution is 5.69. The minimum Gasteiger partial charge on any atom is -0.457 e. The van der Waals surface area contributed by atoms with Gasteiger partial charge in [0, 0.05) is 13.0 Å². The van der Waals surface area contributed by atoms with Gasteiger partial charge in [0.1, 0.15) is 54.9 Å². The number of unbranched alkanes of at least 4 members (excludes halogenated alkanes) is 25. The molecule has 0 spiro atoms. The van der Waals surface area contributed by atoms with Crippen LogP contribution < -0.4 is 0 Å². The molecule has 2 rings (SSSR count). The Morgan fingerprint density at radius 3 is 1.40 bits per heavy atom. The molecule has 2 aliphatic rings. The third-order valence-electron chi connectivity index (χ3n) is 12.9. The zero-order valence-corrected chi connectivity index (χ0v) is 41.9. The first-order valence-electron chi connectivity index (χ1n) is 26.9. The summed E-state index contributed by atoms with van der Waals surface area (Å²) in [6.45, 7) is 3.65. The van der Waals surface area contributed by atoms with Crippen LogP contribution in [0.15, 0.2) is 24.3 Å². The first kappa shape index (κ1) is 61.6. The highest BCUT2D eigenvalue weighted by Gasteiger charge is 2.47. The Balaban J connectivity index is 1.72. The number of esters is 1. The molecule has 11 unspecified atom stereocenters. The van der Waals surface area contributed by atoms with Gasteiger partial charge in [0.2, 0.25) is 0 Å². The molecule has 0 aromatic rings. The normalized spacial score (nSPS) is 26.2. The summed E-state index contributed by atoms with van der Waals surface area (Å²) in [6, 6.07) is 0. The van der Waals surface area contributed by atoms with Gasteiger partial charge in [0.15, 0.2) is 12.6 Å². The number of aliphatic hydroxyl groups is 7. The van der Waals surface area contributed by atoms with Crippen LogP contribution in [0.2, 0.25) is 0 Å². The molecule has 2 aliphatic heterocycles. The molecule has 0 aromatic carbocycles. The SMILES string of the molecule is CCCC/C=C\CCCCCCCCOCC(COC1OC(COC2OC(CO)C(O)C(O)C2O)C(O)C(O)C1O)OC(=O)CCCCCCCCCCC/C=C\CCCCCCCCCC. The van der Waals surface area contributed by atoms with E-state index in [2.05, 4.69) is 38.2 Å². The van der Waals surface area contributed by atoms with Crippen molar-refractivity contribution in [3.63, 3.8) is 0 Å². The van der Waals surface area contributed by atoms with E-state index in [-0.39, 0.29) is 25.6 Å². The van der Waals surface area contributed by atoms with Crippen molar-refractivity contribution < 1.29 is 69.0 Å². The third-order valence-corrected chi connectivity index (χ3v) is 12.9. The summed E-state index contributed by atoms with van der Waals surface area (Å²) in [5.74, 6) is -0.379. The lowest BCUT2D eigenvalue weighted by atomic mass is 9.98. The van der Waals surface area contributed by atoms with Crippen LogP contribution in [0.25, 0.3) is 0 Å². The Hall–Kier alpha value is -1.53. The summed E-state index contributed by atoms with van der Waals surface area (Å²) in [7, 11) is 0. The van der Waals surface area contributed by atoms with E-state index < -0.39 is 80.7 Å². The minimum atomic E-state index is -1.71. The van der Waals surface area contributed by atoms with Crippen molar-refractivity contribution in [2.45, 2.75) is 274 Å². The molecule has 394 valence electrons. The minimum absolute atomic E-state index is 0.0589.